The van der Waals surface area contributed by atoms with E-state index in [1.165, 1.54) is 19.1 Å². The van der Waals surface area contributed by atoms with Gasteiger partial charge in [0.15, 0.2) is 5.78 Å². The zero-order valence-corrected chi connectivity index (χ0v) is 14.1. The number of thioether (sulfide) groups is 1. The summed E-state index contributed by atoms with van der Waals surface area (Å²) in [6, 6.07) is 3.10. The van der Waals surface area contributed by atoms with Crippen LogP contribution in [0.15, 0.2) is 23.1 Å². The van der Waals surface area contributed by atoms with E-state index in [2.05, 4.69) is 5.32 Å². The molecule has 0 radical (unpaired) electrons. The van der Waals surface area contributed by atoms with Crippen LogP contribution in [0.4, 0.5) is 4.39 Å². The Morgan fingerprint density at radius 3 is 2.48 bits per heavy atom. The van der Waals surface area contributed by atoms with Crippen molar-refractivity contribution in [3.05, 3.63) is 29.6 Å². The maximum atomic E-state index is 13.8. The molecule has 1 rings (SSSR count). The molecule has 1 aromatic rings. The first-order valence-corrected chi connectivity index (χ1v) is 8.20. The van der Waals surface area contributed by atoms with Gasteiger partial charge < -0.3 is 10.4 Å². The van der Waals surface area contributed by atoms with Crippen LogP contribution < -0.4 is 5.32 Å². The van der Waals surface area contributed by atoms with Gasteiger partial charge in [0.25, 0.3) is 0 Å². The Hall–Kier alpha value is -1.89. The number of carboxylic acid groups (broad SMARTS) is 1. The number of carbonyl (C=O) groups excluding carboxylic acids is 2. The molecular formula is C16H20FNO4S. The van der Waals surface area contributed by atoms with Crippen LogP contribution in [0.3, 0.4) is 0 Å². The number of benzene rings is 1. The Balaban J connectivity index is 2.65. The number of carboxylic acids is 1. The summed E-state index contributed by atoms with van der Waals surface area (Å²) in [5.74, 6) is -2.68. The van der Waals surface area contributed by atoms with E-state index < -0.39 is 23.7 Å². The SMILES string of the molecule is CC[C@H](C)[C@@H](NC(=O)CSc1ccc(C(C)=O)cc1F)C(=O)O. The Bertz CT molecular complexity index is 606. The minimum absolute atomic E-state index is 0.101. The number of halogens is 1. The highest BCUT2D eigenvalue weighted by Crippen LogP contribution is 2.23. The highest BCUT2D eigenvalue weighted by Gasteiger charge is 2.25. The lowest BCUT2D eigenvalue weighted by Gasteiger charge is -2.20. The van der Waals surface area contributed by atoms with E-state index in [0.29, 0.717) is 6.42 Å². The molecule has 0 fully saturated rings. The molecule has 0 unspecified atom stereocenters. The zero-order chi connectivity index (χ0) is 17.6. The molecule has 0 aromatic heterocycles. The monoisotopic (exact) mass is 341 g/mol. The molecule has 1 amide bonds. The van der Waals surface area contributed by atoms with Crippen LogP contribution in [-0.4, -0.2) is 34.6 Å². The smallest absolute Gasteiger partial charge is 0.326 e. The molecular weight excluding hydrogens is 321 g/mol. The Morgan fingerprint density at radius 2 is 2.00 bits per heavy atom. The van der Waals surface area contributed by atoms with E-state index in [1.807, 2.05) is 6.92 Å². The molecule has 0 aliphatic carbocycles. The Kier molecular flexibility index (Phi) is 7.22. The third-order valence-corrected chi connectivity index (χ3v) is 4.54. The molecule has 23 heavy (non-hydrogen) atoms. The first kappa shape index (κ1) is 19.2. The lowest BCUT2D eigenvalue weighted by molar-refractivity contribution is -0.143. The number of nitrogens with one attached hydrogen (secondary N) is 1. The Labute approximate surface area is 138 Å². The normalized spacial score (nSPS) is 13.2. The van der Waals surface area contributed by atoms with Gasteiger partial charge in [0, 0.05) is 10.5 Å². The summed E-state index contributed by atoms with van der Waals surface area (Å²) in [5.41, 5.74) is 0.263. The van der Waals surface area contributed by atoms with Gasteiger partial charge in [-0.25, -0.2) is 9.18 Å². The second-order valence-electron chi connectivity index (χ2n) is 5.26. The van der Waals surface area contributed by atoms with Crippen LogP contribution in [0.2, 0.25) is 0 Å². The van der Waals surface area contributed by atoms with Crippen molar-refractivity contribution < 1.29 is 23.9 Å². The third-order valence-electron chi connectivity index (χ3n) is 3.49. The standard InChI is InChI=1S/C16H20FNO4S/c1-4-9(2)15(16(21)22)18-14(20)8-23-13-6-5-11(10(3)19)7-12(13)17/h5-7,9,15H,4,8H2,1-3H3,(H,18,20)(H,21,22)/t9-,15+/m0/s1. The maximum Gasteiger partial charge on any atom is 0.326 e. The van der Waals surface area contributed by atoms with Gasteiger partial charge in [-0.15, -0.1) is 11.8 Å². The van der Waals surface area contributed by atoms with E-state index in [4.69, 9.17) is 5.11 Å². The number of hydrogen-bond donors (Lipinski definition) is 2. The van der Waals surface area contributed by atoms with Crippen molar-refractivity contribution in [2.24, 2.45) is 5.92 Å². The number of aliphatic carboxylic acids is 1. The van der Waals surface area contributed by atoms with E-state index >= 15 is 0 Å². The summed E-state index contributed by atoms with van der Waals surface area (Å²) >= 11 is 0.957. The number of ketones is 1. The van der Waals surface area contributed by atoms with Gasteiger partial charge in [-0.3, -0.25) is 9.59 Å². The number of rotatable bonds is 8. The molecule has 2 atom stereocenters. The van der Waals surface area contributed by atoms with Crippen molar-refractivity contribution in [3.63, 3.8) is 0 Å². The highest BCUT2D eigenvalue weighted by molar-refractivity contribution is 8.00. The predicted molar refractivity (Wildman–Crippen MR) is 86.2 cm³/mol. The van der Waals surface area contributed by atoms with Crippen molar-refractivity contribution in [1.29, 1.82) is 0 Å². The fraction of sp³-hybridized carbons (Fsp3) is 0.438. The number of Topliss-reactive ketones (excluding diaryl/α,β-unsaturated/α-hetero) is 1. The Morgan fingerprint density at radius 1 is 1.35 bits per heavy atom. The highest BCUT2D eigenvalue weighted by atomic mass is 32.2. The van der Waals surface area contributed by atoms with Gasteiger partial charge >= 0.3 is 5.97 Å². The molecule has 7 heteroatoms. The summed E-state index contributed by atoms with van der Waals surface area (Å²) < 4.78 is 13.8. The molecule has 0 saturated heterocycles. The van der Waals surface area contributed by atoms with Crippen LogP contribution in [-0.2, 0) is 9.59 Å². The van der Waals surface area contributed by atoms with Crippen molar-refractivity contribution >= 4 is 29.4 Å². The van der Waals surface area contributed by atoms with Gasteiger partial charge in [0.1, 0.15) is 11.9 Å². The van der Waals surface area contributed by atoms with Gasteiger partial charge in [-0.05, 0) is 25.0 Å². The molecule has 0 bridgehead atoms. The quantitative estimate of drug-likeness (QED) is 0.561. The number of carbonyl (C=O) groups is 3. The lowest BCUT2D eigenvalue weighted by Crippen LogP contribution is -2.45. The minimum Gasteiger partial charge on any atom is -0.480 e. The summed E-state index contributed by atoms with van der Waals surface area (Å²) in [5, 5.41) is 11.6. The second-order valence-corrected chi connectivity index (χ2v) is 6.28. The molecule has 0 heterocycles. The fourth-order valence-corrected chi connectivity index (χ4v) is 2.61. The first-order valence-electron chi connectivity index (χ1n) is 7.21. The van der Waals surface area contributed by atoms with E-state index in [0.717, 1.165) is 17.8 Å². The fourth-order valence-electron chi connectivity index (χ4n) is 1.88. The minimum atomic E-state index is -1.09. The largest absolute Gasteiger partial charge is 0.480 e. The topological polar surface area (TPSA) is 83.5 Å². The molecule has 0 spiro atoms. The summed E-state index contributed by atoms with van der Waals surface area (Å²) in [4.78, 5) is 34.4. The van der Waals surface area contributed by atoms with Gasteiger partial charge in [-0.2, -0.15) is 0 Å². The van der Waals surface area contributed by atoms with Crippen molar-refractivity contribution in [2.45, 2.75) is 38.1 Å². The summed E-state index contributed by atoms with van der Waals surface area (Å²) in [6.45, 7) is 4.93. The van der Waals surface area contributed by atoms with Gasteiger partial charge in [-0.1, -0.05) is 26.3 Å². The van der Waals surface area contributed by atoms with Crippen LogP contribution in [0.25, 0.3) is 0 Å². The van der Waals surface area contributed by atoms with E-state index in [1.54, 1.807) is 6.92 Å². The van der Waals surface area contributed by atoms with Crippen LogP contribution in [0.1, 0.15) is 37.6 Å². The molecule has 0 aliphatic heterocycles. The van der Waals surface area contributed by atoms with Crippen molar-refractivity contribution in [3.8, 4) is 0 Å². The van der Waals surface area contributed by atoms with Crippen molar-refractivity contribution in [1.82, 2.24) is 5.32 Å². The van der Waals surface area contributed by atoms with Gasteiger partial charge in [0.05, 0.1) is 5.75 Å². The zero-order valence-electron chi connectivity index (χ0n) is 13.3. The van der Waals surface area contributed by atoms with Crippen LogP contribution >= 0.6 is 11.8 Å². The first-order chi connectivity index (χ1) is 10.8. The number of hydrogen-bond acceptors (Lipinski definition) is 4. The molecule has 2 N–H and O–H groups in total. The predicted octanol–water partition coefficient (Wildman–Crippen LogP) is 2.74. The van der Waals surface area contributed by atoms with E-state index in [-0.39, 0.29) is 27.9 Å². The summed E-state index contributed by atoms with van der Waals surface area (Å²) in [6.07, 6.45) is 0.617. The average Bonchev–Trinajstić information content (AvgIpc) is 2.50. The van der Waals surface area contributed by atoms with Crippen molar-refractivity contribution in [2.75, 3.05) is 5.75 Å². The molecule has 0 saturated carbocycles. The maximum absolute atomic E-state index is 13.8. The molecule has 1 aromatic carbocycles. The van der Waals surface area contributed by atoms with E-state index in [9.17, 15) is 18.8 Å². The lowest BCUT2D eigenvalue weighted by atomic mass is 9.99. The second kappa shape index (κ2) is 8.67. The molecule has 0 aliphatic rings. The van der Waals surface area contributed by atoms with Crippen LogP contribution in [0, 0.1) is 11.7 Å². The van der Waals surface area contributed by atoms with Crippen LogP contribution in [0.5, 0.6) is 0 Å². The number of amides is 1. The van der Waals surface area contributed by atoms with Gasteiger partial charge in [0.2, 0.25) is 5.91 Å². The summed E-state index contributed by atoms with van der Waals surface area (Å²) in [7, 11) is 0. The third kappa shape index (κ3) is 5.67. The average molecular weight is 341 g/mol. The molecule has 5 nitrogen and oxygen atoms in total. The molecule has 126 valence electrons.